The van der Waals surface area contributed by atoms with Crippen molar-refractivity contribution in [3.63, 3.8) is 0 Å². The highest BCUT2D eigenvalue weighted by molar-refractivity contribution is 6.32. The van der Waals surface area contributed by atoms with Gasteiger partial charge in [-0.2, -0.15) is 0 Å². The number of methoxy groups -OCH3 is 1. The van der Waals surface area contributed by atoms with Crippen molar-refractivity contribution in [1.82, 2.24) is 5.32 Å². The number of rotatable bonds is 5. The van der Waals surface area contributed by atoms with E-state index >= 15 is 0 Å². The molecule has 0 amide bonds. The smallest absolute Gasteiger partial charge is 0.137 e. The van der Waals surface area contributed by atoms with Gasteiger partial charge < -0.3 is 10.1 Å². The van der Waals surface area contributed by atoms with Crippen LogP contribution in [0.4, 0.5) is 0 Å². The molecule has 3 heteroatoms. The van der Waals surface area contributed by atoms with Crippen LogP contribution in [0, 0.1) is 5.92 Å². The first-order valence-corrected chi connectivity index (χ1v) is 6.63. The standard InChI is InChI=1S/C14H20ClNO/c1-16-13(8-10-4-3-5-10)11-6-7-14(17-2)12(15)9-11/h6-7,9-10,13,16H,3-5,8H2,1-2H3. The Balaban J connectivity index is 2.09. The number of hydrogen-bond acceptors (Lipinski definition) is 2. The molecule has 1 fully saturated rings. The van der Waals surface area contributed by atoms with Crippen molar-refractivity contribution in [1.29, 1.82) is 0 Å². The maximum atomic E-state index is 6.16. The topological polar surface area (TPSA) is 21.3 Å². The quantitative estimate of drug-likeness (QED) is 0.862. The second-order valence-corrected chi connectivity index (χ2v) is 5.18. The third-order valence-electron chi connectivity index (χ3n) is 3.72. The zero-order valence-electron chi connectivity index (χ0n) is 10.5. The summed E-state index contributed by atoms with van der Waals surface area (Å²) in [6.45, 7) is 0. The molecule has 1 aliphatic rings. The molecule has 0 aromatic heterocycles. The fourth-order valence-corrected chi connectivity index (χ4v) is 2.65. The molecule has 0 spiro atoms. The van der Waals surface area contributed by atoms with Gasteiger partial charge in [-0.1, -0.05) is 36.9 Å². The molecule has 0 saturated heterocycles. The molecule has 17 heavy (non-hydrogen) atoms. The summed E-state index contributed by atoms with van der Waals surface area (Å²) < 4.78 is 5.17. The van der Waals surface area contributed by atoms with Crippen LogP contribution in [0.3, 0.4) is 0 Å². The molecule has 1 aliphatic carbocycles. The largest absolute Gasteiger partial charge is 0.495 e. The van der Waals surface area contributed by atoms with E-state index in [0.717, 1.165) is 11.7 Å². The van der Waals surface area contributed by atoms with E-state index in [-0.39, 0.29) is 0 Å². The van der Waals surface area contributed by atoms with Crippen molar-refractivity contribution in [3.05, 3.63) is 28.8 Å². The summed E-state index contributed by atoms with van der Waals surface area (Å²) >= 11 is 6.16. The summed E-state index contributed by atoms with van der Waals surface area (Å²) in [5, 5.41) is 4.08. The molecule has 1 unspecified atom stereocenters. The van der Waals surface area contributed by atoms with Crippen molar-refractivity contribution < 1.29 is 4.74 Å². The summed E-state index contributed by atoms with van der Waals surface area (Å²) in [6, 6.07) is 6.47. The van der Waals surface area contributed by atoms with Crippen molar-refractivity contribution in [2.45, 2.75) is 31.7 Å². The molecule has 2 rings (SSSR count). The molecular formula is C14H20ClNO. The molecule has 0 aliphatic heterocycles. The zero-order chi connectivity index (χ0) is 12.3. The van der Waals surface area contributed by atoms with Crippen LogP contribution in [0.1, 0.15) is 37.3 Å². The minimum absolute atomic E-state index is 0.406. The Morgan fingerprint density at radius 2 is 2.24 bits per heavy atom. The summed E-state index contributed by atoms with van der Waals surface area (Å²) in [7, 11) is 3.66. The number of ether oxygens (including phenoxy) is 1. The summed E-state index contributed by atoms with van der Waals surface area (Å²) in [6.07, 6.45) is 5.35. The average Bonchev–Trinajstić information content (AvgIpc) is 2.28. The molecule has 0 bridgehead atoms. The summed E-state index contributed by atoms with van der Waals surface area (Å²) in [5.74, 6) is 1.63. The first-order valence-electron chi connectivity index (χ1n) is 6.25. The Bertz CT molecular complexity index is 376. The number of halogens is 1. The molecular weight excluding hydrogens is 234 g/mol. The van der Waals surface area contributed by atoms with Crippen molar-refractivity contribution in [2.75, 3.05) is 14.2 Å². The van der Waals surface area contributed by atoms with Crippen LogP contribution in [-0.4, -0.2) is 14.2 Å². The molecule has 1 N–H and O–H groups in total. The van der Waals surface area contributed by atoms with Crippen LogP contribution in [0.15, 0.2) is 18.2 Å². The minimum Gasteiger partial charge on any atom is -0.495 e. The second kappa shape index (κ2) is 5.74. The first-order chi connectivity index (χ1) is 8.24. The van der Waals surface area contributed by atoms with Gasteiger partial charge in [0.2, 0.25) is 0 Å². The number of nitrogens with one attached hydrogen (secondary N) is 1. The highest BCUT2D eigenvalue weighted by Crippen LogP contribution is 2.36. The van der Waals surface area contributed by atoms with Gasteiger partial charge in [-0.25, -0.2) is 0 Å². The van der Waals surface area contributed by atoms with Crippen LogP contribution in [0.2, 0.25) is 5.02 Å². The monoisotopic (exact) mass is 253 g/mol. The van der Waals surface area contributed by atoms with E-state index in [1.165, 1.54) is 31.2 Å². The average molecular weight is 254 g/mol. The lowest BCUT2D eigenvalue weighted by atomic mass is 9.79. The Morgan fingerprint density at radius 1 is 1.47 bits per heavy atom. The molecule has 94 valence electrons. The third kappa shape index (κ3) is 2.93. The Labute approximate surface area is 108 Å². The van der Waals surface area contributed by atoms with E-state index in [9.17, 15) is 0 Å². The van der Waals surface area contributed by atoms with Crippen LogP contribution in [0.25, 0.3) is 0 Å². The lowest BCUT2D eigenvalue weighted by Gasteiger charge is -2.30. The van der Waals surface area contributed by atoms with Gasteiger partial charge in [-0.3, -0.25) is 0 Å². The lowest BCUT2D eigenvalue weighted by molar-refractivity contribution is 0.265. The van der Waals surface area contributed by atoms with Crippen molar-refractivity contribution in [3.8, 4) is 5.75 Å². The van der Waals surface area contributed by atoms with E-state index in [0.29, 0.717) is 11.1 Å². The predicted molar refractivity (Wildman–Crippen MR) is 71.8 cm³/mol. The Hall–Kier alpha value is -0.730. The van der Waals surface area contributed by atoms with Gasteiger partial charge in [0.05, 0.1) is 12.1 Å². The molecule has 1 aromatic rings. The van der Waals surface area contributed by atoms with E-state index in [1.807, 2.05) is 19.2 Å². The summed E-state index contributed by atoms with van der Waals surface area (Å²) in [4.78, 5) is 0. The normalized spacial score (nSPS) is 17.6. The molecule has 1 atom stereocenters. The number of hydrogen-bond donors (Lipinski definition) is 1. The Morgan fingerprint density at radius 3 is 2.71 bits per heavy atom. The van der Waals surface area contributed by atoms with Gasteiger partial charge in [-0.05, 0) is 37.1 Å². The fraction of sp³-hybridized carbons (Fsp3) is 0.571. The van der Waals surface area contributed by atoms with Crippen molar-refractivity contribution >= 4 is 11.6 Å². The van der Waals surface area contributed by atoms with Crippen molar-refractivity contribution in [2.24, 2.45) is 5.92 Å². The van der Waals surface area contributed by atoms with Crippen LogP contribution in [-0.2, 0) is 0 Å². The van der Waals surface area contributed by atoms with E-state index in [4.69, 9.17) is 16.3 Å². The van der Waals surface area contributed by atoms with Crippen LogP contribution in [0.5, 0.6) is 5.75 Å². The Kier molecular flexibility index (Phi) is 4.30. The minimum atomic E-state index is 0.406. The number of benzene rings is 1. The van der Waals surface area contributed by atoms with Gasteiger partial charge in [0.1, 0.15) is 5.75 Å². The maximum Gasteiger partial charge on any atom is 0.137 e. The van der Waals surface area contributed by atoms with E-state index in [1.54, 1.807) is 7.11 Å². The van der Waals surface area contributed by atoms with Gasteiger partial charge in [-0.15, -0.1) is 0 Å². The van der Waals surface area contributed by atoms with Gasteiger partial charge >= 0.3 is 0 Å². The SMILES string of the molecule is CNC(CC1CCC1)c1ccc(OC)c(Cl)c1. The molecule has 1 aromatic carbocycles. The third-order valence-corrected chi connectivity index (χ3v) is 4.02. The molecule has 0 heterocycles. The van der Waals surface area contributed by atoms with Crippen LogP contribution < -0.4 is 10.1 Å². The molecule has 2 nitrogen and oxygen atoms in total. The van der Waals surface area contributed by atoms with E-state index in [2.05, 4.69) is 11.4 Å². The predicted octanol–water partition coefficient (Wildman–Crippen LogP) is 3.80. The zero-order valence-corrected chi connectivity index (χ0v) is 11.3. The van der Waals surface area contributed by atoms with Gasteiger partial charge in [0.15, 0.2) is 0 Å². The lowest BCUT2D eigenvalue weighted by Crippen LogP contribution is -2.23. The van der Waals surface area contributed by atoms with Gasteiger partial charge in [0.25, 0.3) is 0 Å². The highest BCUT2D eigenvalue weighted by Gasteiger charge is 2.22. The molecule has 1 saturated carbocycles. The van der Waals surface area contributed by atoms with Crippen LogP contribution >= 0.6 is 11.6 Å². The van der Waals surface area contributed by atoms with Gasteiger partial charge in [0, 0.05) is 6.04 Å². The highest BCUT2D eigenvalue weighted by atomic mass is 35.5. The first kappa shape index (κ1) is 12.7. The maximum absolute atomic E-state index is 6.16. The fourth-order valence-electron chi connectivity index (χ4n) is 2.38. The summed E-state index contributed by atoms with van der Waals surface area (Å²) in [5.41, 5.74) is 1.25. The molecule has 0 radical (unpaired) electrons. The van der Waals surface area contributed by atoms with E-state index < -0.39 is 0 Å². The second-order valence-electron chi connectivity index (χ2n) is 4.77.